The average Bonchev–Trinajstić information content (AvgIpc) is 3.10. The highest BCUT2D eigenvalue weighted by atomic mass is 16.5. The molecule has 1 unspecified atom stereocenters. The van der Waals surface area contributed by atoms with E-state index in [1.165, 1.54) is 11.1 Å². The molecule has 0 amide bonds. The van der Waals surface area contributed by atoms with E-state index in [1.54, 1.807) is 0 Å². The second kappa shape index (κ2) is 9.50. The fourth-order valence-electron chi connectivity index (χ4n) is 3.26. The van der Waals surface area contributed by atoms with Gasteiger partial charge < -0.3 is 19.5 Å². The van der Waals surface area contributed by atoms with Crippen LogP contribution in [0.3, 0.4) is 0 Å². The third kappa shape index (κ3) is 5.29. The highest BCUT2D eigenvalue weighted by molar-refractivity contribution is 5.80. The van der Waals surface area contributed by atoms with Crippen molar-refractivity contribution in [3.05, 3.63) is 47.1 Å². The van der Waals surface area contributed by atoms with E-state index in [0.29, 0.717) is 18.3 Å². The Hall–Kier alpha value is -2.41. The first-order valence-corrected chi connectivity index (χ1v) is 9.67. The van der Waals surface area contributed by atoms with Gasteiger partial charge >= 0.3 is 0 Å². The van der Waals surface area contributed by atoms with Crippen molar-refractivity contribution in [1.82, 2.24) is 20.4 Å². The number of aryl methyl sites for hydroxylation is 3. The smallest absolute Gasteiger partial charge is 0.226 e. The summed E-state index contributed by atoms with van der Waals surface area (Å²) in [4.78, 5) is 11.3. The van der Waals surface area contributed by atoms with Crippen molar-refractivity contribution < 1.29 is 9.26 Å². The second-order valence-electron chi connectivity index (χ2n) is 6.74. The van der Waals surface area contributed by atoms with Gasteiger partial charge in [-0.15, -0.1) is 0 Å². The Morgan fingerprint density at radius 1 is 1.33 bits per heavy atom. The number of ether oxygens (including phenoxy) is 1. The standard InChI is InChI=1S/C20H29N5O2/c1-4-21-20(22-11-7-10-19-23-16(3)24-27-19)25-12-13-26-18(14-25)17-9-6-5-8-15(17)2/h5-6,8-9,18H,4,7,10-14H2,1-3H3,(H,21,22). The van der Waals surface area contributed by atoms with Crippen molar-refractivity contribution in [2.45, 2.75) is 39.7 Å². The molecule has 1 fully saturated rings. The van der Waals surface area contributed by atoms with Crippen LogP contribution in [0, 0.1) is 13.8 Å². The van der Waals surface area contributed by atoms with Crippen LogP contribution in [0.1, 0.15) is 42.3 Å². The fourth-order valence-corrected chi connectivity index (χ4v) is 3.26. The van der Waals surface area contributed by atoms with Gasteiger partial charge in [0.05, 0.1) is 13.2 Å². The second-order valence-corrected chi connectivity index (χ2v) is 6.74. The summed E-state index contributed by atoms with van der Waals surface area (Å²) < 4.78 is 11.2. The third-order valence-electron chi connectivity index (χ3n) is 4.62. The molecule has 7 heteroatoms. The monoisotopic (exact) mass is 371 g/mol. The van der Waals surface area contributed by atoms with Gasteiger partial charge in [-0.2, -0.15) is 4.98 Å². The molecule has 27 heavy (non-hydrogen) atoms. The Balaban J connectivity index is 1.60. The maximum absolute atomic E-state index is 6.04. The third-order valence-corrected chi connectivity index (χ3v) is 4.62. The first kappa shape index (κ1) is 19.4. The molecule has 1 N–H and O–H groups in total. The van der Waals surface area contributed by atoms with Crippen LogP contribution in [0.25, 0.3) is 0 Å². The number of aromatic nitrogens is 2. The molecule has 1 aromatic carbocycles. The summed E-state index contributed by atoms with van der Waals surface area (Å²) in [7, 11) is 0. The molecule has 3 rings (SSSR count). The number of morpholine rings is 1. The topological polar surface area (TPSA) is 75.8 Å². The Kier molecular flexibility index (Phi) is 6.81. The van der Waals surface area contributed by atoms with E-state index in [0.717, 1.165) is 45.0 Å². The molecule has 1 saturated heterocycles. The lowest BCUT2D eigenvalue weighted by molar-refractivity contribution is -0.00832. The molecule has 2 heterocycles. The average molecular weight is 371 g/mol. The Morgan fingerprint density at radius 3 is 2.93 bits per heavy atom. The van der Waals surface area contributed by atoms with Gasteiger partial charge in [0, 0.05) is 26.1 Å². The zero-order chi connectivity index (χ0) is 19.1. The highest BCUT2D eigenvalue weighted by Gasteiger charge is 2.25. The zero-order valence-electron chi connectivity index (χ0n) is 16.4. The van der Waals surface area contributed by atoms with Gasteiger partial charge in [0.2, 0.25) is 5.89 Å². The van der Waals surface area contributed by atoms with Gasteiger partial charge in [-0.05, 0) is 38.3 Å². The van der Waals surface area contributed by atoms with Crippen molar-refractivity contribution in [3.8, 4) is 0 Å². The maximum Gasteiger partial charge on any atom is 0.226 e. The van der Waals surface area contributed by atoms with Crippen molar-refractivity contribution in [3.63, 3.8) is 0 Å². The van der Waals surface area contributed by atoms with E-state index in [4.69, 9.17) is 14.3 Å². The van der Waals surface area contributed by atoms with Gasteiger partial charge in [0.1, 0.15) is 6.10 Å². The Bertz CT molecular complexity index is 758. The fraction of sp³-hybridized carbons (Fsp3) is 0.550. The minimum absolute atomic E-state index is 0.0742. The van der Waals surface area contributed by atoms with Gasteiger partial charge in [-0.3, -0.25) is 4.99 Å². The van der Waals surface area contributed by atoms with E-state index >= 15 is 0 Å². The van der Waals surface area contributed by atoms with E-state index in [1.807, 2.05) is 6.92 Å². The summed E-state index contributed by atoms with van der Waals surface area (Å²) in [6.45, 7) is 9.97. The molecule has 146 valence electrons. The lowest BCUT2D eigenvalue weighted by Gasteiger charge is -2.35. The molecule has 0 bridgehead atoms. The van der Waals surface area contributed by atoms with E-state index in [9.17, 15) is 0 Å². The number of benzene rings is 1. The SMILES string of the molecule is CCNC(=NCCCc1nc(C)no1)N1CCOC(c2ccccc2C)C1. The van der Waals surface area contributed by atoms with Crippen LogP contribution in [0.4, 0.5) is 0 Å². The van der Waals surface area contributed by atoms with Crippen LogP contribution in [0.15, 0.2) is 33.8 Å². The quantitative estimate of drug-likeness (QED) is 0.478. The molecule has 7 nitrogen and oxygen atoms in total. The number of nitrogens with one attached hydrogen (secondary N) is 1. The van der Waals surface area contributed by atoms with E-state index in [-0.39, 0.29) is 6.10 Å². The summed E-state index contributed by atoms with van der Waals surface area (Å²) in [6, 6.07) is 8.43. The summed E-state index contributed by atoms with van der Waals surface area (Å²) in [5, 5.41) is 7.23. The predicted molar refractivity (Wildman–Crippen MR) is 105 cm³/mol. The highest BCUT2D eigenvalue weighted by Crippen LogP contribution is 2.25. The first-order chi connectivity index (χ1) is 13.2. The molecule has 1 aliphatic rings. The van der Waals surface area contributed by atoms with Crippen molar-refractivity contribution >= 4 is 5.96 Å². The van der Waals surface area contributed by atoms with Crippen LogP contribution in [0.5, 0.6) is 0 Å². The molecule has 2 aromatic rings. The molecular formula is C20H29N5O2. The normalized spacial score (nSPS) is 18.0. The molecule has 1 aromatic heterocycles. The van der Waals surface area contributed by atoms with E-state index < -0.39 is 0 Å². The van der Waals surface area contributed by atoms with Gasteiger partial charge in [0.25, 0.3) is 0 Å². The molecule has 1 aliphatic heterocycles. The minimum atomic E-state index is 0.0742. The predicted octanol–water partition coefficient (Wildman–Crippen LogP) is 2.66. The van der Waals surface area contributed by atoms with Crippen LogP contribution in [0.2, 0.25) is 0 Å². The maximum atomic E-state index is 6.04. The van der Waals surface area contributed by atoms with Crippen LogP contribution < -0.4 is 5.32 Å². The number of hydrogen-bond acceptors (Lipinski definition) is 5. The van der Waals surface area contributed by atoms with Crippen molar-refractivity contribution in [2.75, 3.05) is 32.8 Å². The van der Waals surface area contributed by atoms with Crippen molar-refractivity contribution in [1.29, 1.82) is 0 Å². The van der Waals surface area contributed by atoms with Gasteiger partial charge in [0.15, 0.2) is 11.8 Å². The van der Waals surface area contributed by atoms with Crippen molar-refractivity contribution in [2.24, 2.45) is 4.99 Å². The largest absolute Gasteiger partial charge is 0.370 e. The first-order valence-electron chi connectivity index (χ1n) is 9.67. The lowest BCUT2D eigenvalue weighted by Crippen LogP contribution is -2.48. The molecule has 0 saturated carbocycles. The summed E-state index contributed by atoms with van der Waals surface area (Å²) >= 11 is 0. The molecule has 0 radical (unpaired) electrons. The van der Waals surface area contributed by atoms with Crippen LogP contribution >= 0.6 is 0 Å². The van der Waals surface area contributed by atoms with E-state index in [2.05, 4.69) is 58.5 Å². The minimum Gasteiger partial charge on any atom is -0.370 e. The number of aliphatic imine (C=N–C) groups is 1. The summed E-state index contributed by atoms with van der Waals surface area (Å²) in [6.07, 6.45) is 1.70. The number of nitrogens with zero attached hydrogens (tertiary/aromatic N) is 4. The molecular weight excluding hydrogens is 342 g/mol. The van der Waals surface area contributed by atoms with Gasteiger partial charge in [-0.25, -0.2) is 0 Å². The number of hydrogen-bond donors (Lipinski definition) is 1. The Morgan fingerprint density at radius 2 is 2.19 bits per heavy atom. The van der Waals surface area contributed by atoms with Crippen LogP contribution in [-0.4, -0.2) is 53.8 Å². The zero-order valence-corrected chi connectivity index (χ0v) is 16.4. The molecule has 0 spiro atoms. The van der Waals surface area contributed by atoms with Crippen LogP contribution in [-0.2, 0) is 11.2 Å². The number of guanidine groups is 1. The summed E-state index contributed by atoms with van der Waals surface area (Å²) in [5.41, 5.74) is 2.52. The summed E-state index contributed by atoms with van der Waals surface area (Å²) in [5.74, 6) is 2.30. The molecule has 0 aliphatic carbocycles. The molecule has 1 atom stereocenters. The Labute approximate surface area is 160 Å². The lowest BCUT2D eigenvalue weighted by atomic mass is 10.0. The van der Waals surface area contributed by atoms with Gasteiger partial charge in [-0.1, -0.05) is 29.4 Å². The number of rotatable bonds is 6.